The van der Waals surface area contributed by atoms with Gasteiger partial charge in [-0.05, 0) is 31.2 Å². The van der Waals surface area contributed by atoms with Crippen molar-refractivity contribution in [1.82, 2.24) is 0 Å². The van der Waals surface area contributed by atoms with Gasteiger partial charge in [-0.1, -0.05) is 49.6 Å². The molecule has 224 valence electrons. The molecule has 0 saturated heterocycles. The minimum absolute atomic E-state index is 0.297. The molecule has 2 atom stereocenters. The number of aliphatic hydroxyl groups excluding tert-OH is 1. The van der Waals surface area contributed by atoms with Crippen LogP contribution in [0.5, 0.6) is 0 Å². The minimum atomic E-state index is -6.48. The average Bonchev–Trinajstić information content (AvgIpc) is 2.85. The van der Waals surface area contributed by atoms with Crippen molar-refractivity contribution in [2.24, 2.45) is 5.92 Å². The second-order valence-corrected chi connectivity index (χ2v) is 10.5. The lowest BCUT2D eigenvalue weighted by atomic mass is 9.89. The Morgan fingerprint density at radius 1 is 0.974 bits per heavy atom. The molecule has 1 aromatic rings. The highest BCUT2D eigenvalue weighted by Crippen LogP contribution is 2.42. The van der Waals surface area contributed by atoms with Crippen molar-refractivity contribution >= 4 is 16.1 Å². The number of esters is 1. The van der Waals surface area contributed by atoms with Gasteiger partial charge in [0.2, 0.25) is 0 Å². The van der Waals surface area contributed by atoms with Crippen LogP contribution in [0.1, 0.15) is 56.9 Å². The van der Waals surface area contributed by atoms with Gasteiger partial charge >= 0.3 is 39.2 Å². The van der Waals surface area contributed by atoms with Crippen molar-refractivity contribution in [2.75, 3.05) is 6.61 Å². The summed E-state index contributed by atoms with van der Waals surface area (Å²) >= 11 is 0. The molecule has 1 aliphatic carbocycles. The third kappa shape index (κ3) is 8.25. The van der Waals surface area contributed by atoms with Gasteiger partial charge in [0.25, 0.3) is 0 Å². The lowest BCUT2D eigenvalue weighted by molar-refractivity contribution is -0.401. The minimum Gasteiger partial charge on any atom is -0.457 e. The largest absolute Gasteiger partial charge is 0.457 e. The number of aliphatic hydroxyl groups is 1. The quantitative estimate of drug-likeness (QED) is 0.0986. The Morgan fingerprint density at radius 2 is 1.56 bits per heavy atom. The van der Waals surface area contributed by atoms with Crippen LogP contribution in [0.25, 0.3) is 0 Å². The molecular weight excluding hydrogens is 569 g/mol. The number of carbonyl (C=O) groups is 1. The van der Waals surface area contributed by atoms with Gasteiger partial charge in [0.05, 0.1) is 6.61 Å². The molecule has 16 heteroatoms. The fraction of sp³-hybridized carbons (Fsp3) is 0.696. The van der Waals surface area contributed by atoms with Gasteiger partial charge in [0.15, 0.2) is 6.29 Å². The van der Waals surface area contributed by atoms with Crippen LogP contribution in [0.15, 0.2) is 30.3 Å². The van der Waals surface area contributed by atoms with Gasteiger partial charge in [0.1, 0.15) is 6.61 Å². The van der Waals surface area contributed by atoms with Crippen molar-refractivity contribution in [3.63, 3.8) is 0 Å². The Balaban J connectivity index is 2.19. The molecule has 1 aromatic carbocycles. The smallest absolute Gasteiger partial charge is 0.455 e. The second-order valence-electron chi connectivity index (χ2n) is 9.08. The van der Waals surface area contributed by atoms with Crippen LogP contribution in [0, 0.1) is 5.92 Å². The predicted molar refractivity (Wildman–Crippen MR) is 120 cm³/mol. The maximum absolute atomic E-state index is 14.3. The Kier molecular flexibility index (Phi) is 11.2. The van der Waals surface area contributed by atoms with E-state index in [2.05, 4.69) is 0 Å². The normalized spacial score (nSPS) is 18.4. The lowest BCUT2D eigenvalue weighted by Crippen LogP contribution is -2.59. The Bertz CT molecular complexity index is 1030. The summed E-state index contributed by atoms with van der Waals surface area (Å²) < 4.78 is 141. The highest BCUT2D eigenvalue weighted by atomic mass is 32.2. The van der Waals surface area contributed by atoms with Crippen molar-refractivity contribution in [3.8, 4) is 0 Å². The molecule has 1 aliphatic rings. The number of hydrogen-bond acceptors (Lipinski definition) is 7. The number of rotatable bonds is 14. The maximum atomic E-state index is 14.3. The zero-order valence-electron chi connectivity index (χ0n) is 20.5. The summed E-state index contributed by atoms with van der Waals surface area (Å²) in [7, 11) is -6.48. The molecule has 0 heterocycles. The topological polar surface area (TPSA) is 119 Å². The molecule has 0 bridgehead atoms. The number of alkyl halides is 7. The molecule has 8 nitrogen and oxygen atoms in total. The van der Waals surface area contributed by atoms with Crippen LogP contribution in [0.4, 0.5) is 30.7 Å². The first-order valence-electron chi connectivity index (χ1n) is 11.9. The SMILES string of the molecule is O=C(OCc1ccccc1)C(OCCCCC(F)(F)C(F)(F)S(=O)(=O)O)(OC(O)C1CCCCC1)C(F)(F)F. The first kappa shape index (κ1) is 33.2. The summed E-state index contributed by atoms with van der Waals surface area (Å²) in [5.74, 6) is -12.3. The van der Waals surface area contributed by atoms with Crippen molar-refractivity contribution < 1.29 is 67.8 Å². The van der Waals surface area contributed by atoms with Gasteiger partial charge in [-0.15, -0.1) is 0 Å². The van der Waals surface area contributed by atoms with E-state index in [0.29, 0.717) is 31.2 Å². The molecular formula is C23H29F7O8S. The third-order valence-corrected chi connectivity index (χ3v) is 7.08. The monoisotopic (exact) mass is 598 g/mol. The molecule has 1 fully saturated rings. The summed E-state index contributed by atoms with van der Waals surface area (Å²) in [6.45, 7) is -1.80. The first-order valence-corrected chi connectivity index (χ1v) is 13.4. The molecule has 1 saturated carbocycles. The van der Waals surface area contributed by atoms with Gasteiger partial charge < -0.3 is 19.3 Å². The van der Waals surface area contributed by atoms with E-state index in [1.165, 1.54) is 24.3 Å². The van der Waals surface area contributed by atoms with Gasteiger partial charge in [-0.25, -0.2) is 4.79 Å². The first-order chi connectivity index (χ1) is 17.9. The Hall–Kier alpha value is -2.01. The number of hydrogen-bond donors (Lipinski definition) is 2. The second kappa shape index (κ2) is 13.1. The zero-order valence-corrected chi connectivity index (χ0v) is 21.3. The van der Waals surface area contributed by atoms with Gasteiger partial charge in [-0.2, -0.15) is 39.2 Å². The van der Waals surface area contributed by atoms with E-state index < -0.39 is 83.9 Å². The summed E-state index contributed by atoms with van der Waals surface area (Å²) in [6, 6.07) is 7.56. The van der Waals surface area contributed by atoms with Crippen LogP contribution in [-0.4, -0.2) is 60.1 Å². The van der Waals surface area contributed by atoms with Crippen LogP contribution in [0.2, 0.25) is 0 Å². The number of ether oxygens (including phenoxy) is 3. The van der Waals surface area contributed by atoms with Gasteiger partial charge in [0, 0.05) is 12.3 Å². The van der Waals surface area contributed by atoms with Crippen LogP contribution in [0.3, 0.4) is 0 Å². The summed E-state index contributed by atoms with van der Waals surface area (Å²) in [5.41, 5.74) is 0.303. The van der Waals surface area contributed by atoms with E-state index in [1.54, 1.807) is 6.07 Å². The highest BCUT2D eigenvalue weighted by Gasteiger charge is 2.67. The van der Waals surface area contributed by atoms with E-state index >= 15 is 0 Å². The molecule has 39 heavy (non-hydrogen) atoms. The summed E-state index contributed by atoms with van der Waals surface area (Å²) in [4.78, 5) is 12.8. The van der Waals surface area contributed by atoms with E-state index in [0.717, 1.165) is 6.42 Å². The molecule has 2 N–H and O–H groups in total. The Labute approximate surface area is 220 Å². The van der Waals surface area contributed by atoms with Gasteiger partial charge in [-0.3, -0.25) is 4.55 Å². The highest BCUT2D eigenvalue weighted by molar-refractivity contribution is 7.87. The van der Waals surface area contributed by atoms with Crippen molar-refractivity contribution in [1.29, 1.82) is 0 Å². The molecule has 0 radical (unpaired) electrons. The standard InChI is InChI=1S/C23H29F7O8S/c24-20(25,23(29,30)39(33,34)35)13-7-8-14-37-21(22(26,27)28,38-18(31)17-11-5-2-6-12-17)19(32)36-15-16-9-3-1-4-10-16/h1,3-4,9-10,17-18,31H,2,5-8,11-15H2,(H,33,34,35). The van der Waals surface area contributed by atoms with Crippen LogP contribution in [-0.2, 0) is 35.7 Å². The average molecular weight is 599 g/mol. The Morgan fingerprint density at radius 3 is 2.10 bits per heavy atom. The van der Waals surface area contributed by atoms with E-state index in [9.17, 15) is 49.1 Å². The molecule has 0 aromatic heterocycles. The predicted octanol–water partition coefficient (Wildman–Crippen LogP) is 5.21. The molecule has 2 unspecified atom stereocenters. The van der Waals surface area contributed by atoms with Crippen LogP contribution < -0.4 is 0 Å². The van der Waals surface area contributed by atoms with E-state index in [4.69, 9.17) is 18.8 Å². The maximum Gasteiger partial charge on any atom is 0.455 e. The molecule has 2 rings (SSSR count). The molecule has 0 aliphatic heterocycles. The van der Waals surface area contributed by atoms with Crippen molar-refractivity contribution in [3.05, 3.63) is 35.9 Å². The fourth-order valence-electron chi connectivity index (χ4n) is 3.91. The van der Waals surface area contributed by atoms with Crippen LogP contribution >= 0.6 is 0 Å². The van der Waals surface area contributed by atoms with Crippen molar-refractivity contribution in [2.45, 2.75) is 87.4 Å². The fourth-order valence-corrected chi connectivity index (χ4v) is 4.39. The number of halogens is 7. The van der Waals surface area contributed by atoms with E-state index in [-0.39, 0.29) is 0 Å². The summed E-state index contributed by atoms with van der Waals surface area (Å²) in [5, 5.41) is 4.57. The summed E-state index contributed by atoms with van der Waals surface area (Å²) in [6.07, 6.45) is -8.86. The lowest BCUT2D eigenvalue weighted by Gasteiger charge is -2.37. The molecule has 0 amide bonds. The third-order valence-electron chi connectivity index (χ3n) is 6.13. The number of carbonyl (C=O) groups excluding carboxylic acids is 1. The zero-order chi connectivity index (χ0) is 29.5. The molecule has 0 spiro atoms. The number of unbranched alkanes of at least 4 members (excludes halogenated alkanes) is 1. The van der Waals surface area contributed by atoms with E-state index in [1.807, 2.05) is 0 Å². The number of benzene rings is 1.